The first-order valence-electron chi connectivity index (χ1n) is 7.99. The van der Waals surface area contributed by atoms with Crippen LogP contribution in [-0.2, 0) is 0 Å². The van der Waals surface area contributed by atoms with Crippen LogP contribution in [0.3, 0.4) is 0 Å². The molecular weight excluding hydrogens is 326 g/mol. The van der Waals surface area contributed by atoms with Crippen molar-refractivity contribution < 1.29 is 4.79 Å². The highest BCUT2D eigenvalue weighted by molar-refractivity contribution is 9.10. The fourth-order valence-corrected chi connectivity index (χ4v) is 6.56. The number of carbonyl (C=O) groups excluding carboxylic acids is 1. The van der Waals surface area contributed by atoms with E-state index in [1.807, 2.05) is 18.2 Å². The predicted molar refractivity (Wildman–Crippen MR) is 88.1 cm³/mol. The normalized spacial score (nSPS) is 40.5. The van der Waals surface area contributed by atoms with Gasteiger partial charge in [0, 0.05) is 21.1 Å². The maximum Gasteiger partial charge on any atom is 0.170 e. The number of anilines is 1. The van der Waals surface area contributed by atoms with Crippen LogP contribution < -0.4 is 5.73 Å². The van der Waals surface area contributed by atoms with Gasteiger partial charge in [-0.3, -0.25) is 4.79 Å². The Morgan fingerprint density at radius 1 is 1.24 bits per heavy atom. The van der Waals surface area contributed by atoms with Crippen molar-refractivity contribution in [3.05, 3.63) is 28.2 Å². The summed E-state index contributed by atoms with van der Waals surface area (Å²) in [5.41, 5.74) is 7.65. The summed E-state index contributed by atoms with van der Waals surface area (Å²) < 4.78 is 0.855. The zero-order valence-corrected chi connectivity index (χ0v) is 14.1. The van der Waals surface area contributed by atoms with Crippen LogP contribution in [0.4, 0.5) is 5.69 Å². The van der Waals surface area contributed by atoms with Crippen LogP contribution in [0.25, 0.3) is 0 Å². The monoisotopic (exact) mass is 347 g/mol. The standard InChI is InChI=1S/C18H22BrNO/c1-17-6-11-4-12(7-17)9-18(8-11,10-17)16(21)14-3-2-13(20)5-15(14)19/h2-3,5,11-12H,4,6-10,20H2,1H3. The predicted octanol–water partition coefficient (Wildman–Crippen LogP) is 4.82. The molecule has 3 heteroatoms. The Bertz CT molecular complexity index is 610. The zero-order chi connectivity index (χ0) is 14.8. The van der Waals surface area contributed by atoms with E-state index < -0.39 is 0 Å². The lowest BCUT2D eigenvalue weighted by Crippen LogP contribution is -2.54. The summed E-state index contributed by atoms with van der Waals surface area (Å²) in [4.78, 5) is 13.3. The lowest BCUT2D eigenvalue weighted by atomic mass is 9.43. The van der Waals surface area contributed by atoms with Gasteiger partial charge in [-0.25, -0.2) is 0 Å². The van der Waals surface area contributed by atoms with Gasteiger partial charge in [-0.15, -0.1) is 0 Å². The van der Waals surface area contributed by atoms with Crippen molar-refractivity contribution in [3.63, 3.8) is 0 Å². The minimum absolute atomic E-state index is 0.0997. The maximum atomic E-state index is 13.3. The number of hydrogen-bond acceptors (Lipinski definition) is 2. The van der Waals surface area contributed by atoms with Crippen LogP contribution in [0.1, 0.15) is 55.8 Å². The average molecular weight is 348 g/mol. The van der Waals surface area contributed by atoms with E-state index in [0.29, 0.717) is 16.9 Å². The molecule has 0 aliphatic heterocycles. The summed E-state index contributed by atoms with van der Waals surface area (Å²) in [6.07, 6.45) is 7.32. The fourth-order valence-electron chi connectivity index (χ4n) is 5.99. The molecule has 0 heterocycles. The molecule has 1 aromatic rings. The Kier molecular flexibility index (Phi) is 2.86. The molecule has 4 aliphatic rings. The molecule has 2 atom stereocenters. The number of nitrogen functional groups attached to an aromatic ring is 1. The first-order valence-corrected chi connectivity index (χ1v) is 8.78. The van der Waals surface area contributed by atoms with Crippen molar-refractivity contribution in [1.82, 2.24) is 0 Å². The van der Waals surface area contributed by atoms with E-state index in [9.17, 15) is 4.79 Å². The fraction of sp³-hybridized carbons (Fsp3) is 0.611. The molecule has 0 amide bonds. The number of halogens is 1. The van der Waals surface area contributed by atoms with Crippen LogP contribution >= 0.6 is 15.9 Å². The van der Waals surface area contributed by atoms with E-state index in [1.165, 1.54) is 19.3 Å². The smallest absolute Gasteiger partial charge is 0.170 e. The molecule has 0 saturated heterocycles. The lowest BCUT2D eigenvalue weighted by Gasteiger charge is -2.60. The second-order valence-corrected chi connectivity index (χ2v) is 8.97. The average Bonchev–Trinajstić information content (AvgIpc) is 2.35. The molecule has 4 aliphatic carbocycles. The third-order valence-electron chi connectivity index (χ3n) is 6.07. The molecule has 21 heavy (non-hydrogen) atoms. The van der Waals surface area contributed by atoms with Crippen LogP contribution in [0, 0.1) is 22.7 Å². The van der Waals surface area contributed by atoms with Gasteiger partial charge in [0.15, 0.2) is 5.78 Å². The highest BCUT2D eigenvalue weighted by atomic mass is 79.9. The maximum absolute atomic E-state index is 13.3. The summed E-state index contributed by atoms with van der Waals surface area (Å²) in [5.74, 6) is 1.90. The quantitative estimate of drug-likeness (QED) is 0.615. The van der Waals surface area contributed by atoms with Crippen molar-refractivity contribution >= 4 is 27.4 Å². The van der Waals surface area contributed by atoms with E-state index in [0.717, 1.165) is 41.1 Å². The van der Waals surface area contributed by atoms with E-state index in [2.05, 4.69) is 22.9 Å². The Labute approximate surface area is 134 Å². The van der Waals surface area contributed by atoms with Gasteiger partial charge in [0.2, 0.25) is 0 Å². The largest absolute Gasteiger partial charge is 0.399 e. The van der Waals surface area contributed by atoms with Crippen molar-refractivity contribution in [2.75, 3.05) is 5.73 Å². The number of nitrogens with two attached hydrogens (primary N) is 1. The summed E-state index contributed by atoms with van der Waals surface area (Å²) >= 11 is 3.54. The van der Waals surface area contributed by atoms with Gasteiger partial charge in [-0.05, 0) is 89.9 Å². The number of ketones is 1. The molecule has 4 bridgehead atoms. The molecular formula is C18H22BrNO. The molecule has 0 radical (unpaired) electrons. The molecule has 4 saturated carbocycles. The Balaban J connectivity index is 1.74. The molecule has 2 N–H and O–H groups in total. The van der Waals surface area contributed by atoms with Crippen LogP contribution in [0.5, 0.6) is 0 Å². The second kappa shape index (κ2) is 4.34. The minimum atomic E-state index is -0.0997. The van der Waals surface area contributed by atoms with Crippen LogP contribution in [-0.4, -0.2) is 5.78 Å². The van der Waals surface area contributed by atoms with E-state index in [-0.39, 0.29) is 5.41 Å². The number of benzene rings is 1. The van der Waals surface area contributed by atoms with Gasteiger partial charge in [0.25, 0.3) is 0 Å². The first kappa shape index (κ1) is 13.8. The molecule has 0 spiro atoms. The van der Waals surface area contributed by atoms with Gasteiger partial charge in [0.1, 0.15) is 0 Å². The molecule has 1 aromatic carbocycles. The molecule has 112 valence electrons. The van der Waals surface area contributed by atoms with Crippen molar-refractivity contribution in [2.45, 2.75) is 45.4 Å². The highest BCUT2D eigenvalue weighted by Gasteiger charge is 2.58. The van der Waals surface area contributed by atoms with Gasteiger partial charge < -0.3 is 5.73 Å². The van der Waals surface area contributed by atoms with Crippen LogP contribution in [0.15, 0.2) is 22.7 Å². The van der Waals surface area contributed by atoms with Crippen molar-refractivity contribution in [3.8, 4) is 0 Å². The molecule has 2 unspecified atom stereocenters. The number of rotatable bonds is 2. The lowest BCUT2D eigenvalue weighted by molar-refractivity contribution is -0.0820. The van der Waals surface area contributed by atoms with Crippen molar-refractivity contribution in [1.29, 1.82) is 0 Å². The SMILES string of the molecule is CC12CC3CC(C1)CC(C(=O)c1ccc(N)cc1Br)(C3)C2. The Hall–Kier alpha value is -0.830. The van der Waals surface area contributed by atoms with Crippen LogP contribution in [0.2, 0.25) is 0 Å². The van der Waals surface area contributed by atoms with Crippen molar-refractivity contribution in [2.24, 2.45) is 22.7 Å². The molecule has 0 aromatic heterocycles. The van der Waals surface area contributed by atoms with Gasteiger partial charge in [-0.2, -0.15) is 0 Å². The summed E-state index contributed by atoms with van der Waals surface area (Å²) in [6.45, 7) is 2.41. The van der Waals surface area contributed by atoms with E-state index in [1.54, 1.807) is 0 Å². The minimum Gasteiger partial charge on any atom is -0.399 e. The number of hydrogen-bond donors (Lipinski definition) is 1. The Morgan fingerprint density at radius 2 is 1.90 bits per heavy atom. The Morgan fingerprint density at radius 3 is 2.48 bits per heavy atom. The highest BCUT2D eigenvalue weighted by Crippen LogP contribution is 2.65. The summed E-state index contributed by atoms with van der Waals surface area (Å²) in [7, 11) is 0. The topological polar surface area (TPSA) is 43.1 Å². The molecule has 5 rings (SSSR count). The first-order chi connectivity index (χ1) is 9.89. The zero-order valence-electron chi connectivity index (χ0n) is 12.5. The summed E-state index contributed by atoms with van der Waals surface area (Å²) in [5, 5.41) is 0. The number of Topliss-reactive ketones (excluding diaryl/α,β-unsaturated/α-hetero) is 1. The molecule has 4 fully saturated rings. The van der Waals surface area contributed by atoms with Gasteiger partial charge in [0.05, 0.1) is 0 Å². The van der Waals surface area contributed by atoms with E-state index >= 15 is 0 Å². The molecule has 2 nitrogen and oxygen atoms in total. The van der Waals surface area contributed by atoms with E-state index in [4.69, 9.17) is 5.73 Å². The second-order valence-electron chi connectivity index (χ2n) is 8.12. The summed E-state index contributed by atoms with van der Waals surface area (Å²) in [6, 6.07) is 5.61. The van der Waals surface area contributed by atoms with Gasteiger partial charge in [-0.1, -0.05) is 6.92 Å². The number of carbonyl (C=O) groups is 1. The van der Waals surface area contributed by atoms with Gasteiger partial charge >= 0.3 is 0 Å². The third-order valence-corrected chi connectivity index (χ3v) is 6.73. The third kappa shape index (κ3) is 2.08.